The average Bonchev–Trinajstić information content (AvgIpc) is 2.76. The first-order chi connectivity index (χ1) is 8.51. The van der Waals surface area contributed by atoms with Crippen molar-refractivity contribution in [2.45, 2.75) is 45.3 Å². The highest BCUT2D eigenvalue weighted by atomic mass is 16.5. The molecule has 1 unspecified atom stereocenters. The Morgan fingerprint density at radius 1 is 1.22 bits per heavy atom. The van der Waals surface area contributed by atoms with Crippen molar-refractivity contribution in [3.63, 3.8) is 0 Å². The van der Waals surface area contributed by atoms with Crippen molar-refractivity contribution in [1.82, 2.24) is 10.2 Å². The molecular weight excluding hydrogens is 228 g/mol. The highest BCUT2D eigenvalue weighted by molar-refractivity contribution is 4.78. The standard InChI is InChI=1S/C14H30N2O2/c1-14(2,3)18-11-9-16(8-10-17-4)12-13-6-5-7-15-13/h13,15H,5-12H2,1-4H3. The lowest BCUT2D eigenvalue weighted by Gasteiger charge is -2.27. The van der Waals surface area contributed by atoms with Gasteiger partial charge in [-0.3, -0.25) is 4.90 Å². The van der Waals surface area contributed by atoms with E-state index in [9.17, 15) is 0 Å². The van der Waals surface area contributed by atoms with E-state index in [0.29, 0.717) is 6.04 Å². The zero-order valence-electron chi connectivity index (χ0n) is 12.5. The molecule has 1 N–H and O–H groups in total. The molecule has 1 fully saturated rings. The third-order valence-electron chi connectivity index (χ3n) is 3.20. The molecule has 4 nitrogen and oxygen atoms in total. The van der Waals surface area contributed by atoms with Crippen LogP contribution in [0.1, 0.15) is 33.6 Å². The predicted molar refractivity (Wildman–Crippen MR) is 75.0 cm³/mol. The molecule has 1 aliphatic heterocycles. The molecule has 18 heavy (non-hydrogen) atoms. The van der Waals surface area contributed by atoms with Gasteiger partial charge >= 0.3 is 0 Å². The van der Waals surface area contributed by atoms with Crippen molar-refractivity contribution in [1.29, 1.82) is 0 Å². The van der Waals surface area contributed by atoms with E-state index in [1.54, 1.807) is 7.11 Å². The largest absolute Gasteiger partial charge is 0.383 e. The van der Waals surface area contributed by atoms with Crippen LogP contribution in [0, 0.1) is 0 Å². The Morgan fingerprint density at radius 3 is 2.50 bits per heavy atom. The number of nitrogens with one attached hydrogen (secondary N) is 1. The number of rotatable bonds is 8. The van der Waals surface area contributed by atoms with Crippen LogP contribution in [0.15, 0.2) is 0 Å². The van der Waals surface area contributed by atoms with Crippen molar-refractivity contribution in [3.8, 4) is 0 Å². The van der Waals surface area contributed by atoms with Crippen LogP contribution in [0.2, 0.25) is 0 Å². The fourth-order valence-corrected chi connectivity index (χ4v) is 2.22. The first-order valence-electron chi connectivity index (χ1n) is 7.10. The van der Waals surface area contributed by atoms with E-state index < -0.39 is 0 Å². The Kier molecular flexibility index (Phi) is 7.15. The lowest BCUT2D eigenvalue weighted by molar-refractivity contribution is -0.0156. The monoisotopic (exact) mass is 258 g/mol. The second-order valence-corrected chi connectivity index (χ2v) is 6.05. The van der Waals surface area contributed by atoms with Gasteiger partial charge in [0.1, 0.15) is 0 Å². The van der Waals surface area contributed by atoms with Gasteiger partial charge in [0.15, 0.2) is 0 Å². The Morgan fingerprint density at radius 2 is 1.94 bits per heavy atom. The van der Waals surface area contributed by atoms with Crippen LogP contribution in [-0.2, 0) is 9.47 Å². The van der Waals surface area contributed by atoms with Crippen LogP contribution >= 0.6 is 0 Å². The molecule has 0 aliphatic carbocycles. The molecule has 0 aromatic rings. The minimum Gasteiger partial charge on any atom is -0.383 e. The van der Waals surface area contributed by atoms with Gasteiger partial charge in [-0.1, -0.05) is 0 Å². The Labute approximate surface area is 112 Å². The molecule has 1 aliphatic rings. The highest BCUT2D eigenvalue weighted by Crippen LogP contribution is 2.09. The molecule has 0 radical (unpaired) electrons. The predicted octanol–water partition coefficient (Wildman–Crippen LogP) is 1.50. The van der Waals surface area contributed by atoms with Gasteiger partial charge in [0, 0.05) is 32.8 Å². The van der Waals surface area contributed by atoms with Crippen LogP contribution in [0.5, 0.6) is 0 Å². The van der Waals surface area contributed by atoms with Gasteiger partial charge < -0.3 is 14.8 Å². The van der Waals surface area contributed by atoms with E-state index in [4.69, 9.17) is 9.47 Å². The van der Waals surface area contributed by atoms with Crippen molar-refractivity contribution in [2.75, 3.05) is 46.5 Å². The third kappa shape index (κ3) is 7.31. The number of hydrogen-bond acceptors (Lipinski definition) is 4. The maximum Gasteiger partial charge on any atom is 0.0600 e. The SMILES string of the molecule is COCCN(CCOC(C)(C)C)CC1CCCN1. The average molecular weight is 258 g/mol. The minimum absolute atomic E-state index is 0.0431. The smallest absolute Gasteiger partial charge is 0.0600 e. The summed E-state index contributed by atoms with van der Waals surface area (Å²) in [5, 5.41) is 3.55. The molecule has 1 saturated heterocycles. The van der Waals surface area contributed by atoms with Crippen LogP contribution in [0.25, 0.3) is 0 Å². The minimum atomic E-state index is -0.0431. The molecule has 0 bridgehead atoms. The summed E-state index contributed by atoms with van der Waals surface area (Å²) in [4.78, 5) is 2.44. The molecular formula is C14H30N2O2. The van der Waals surface area contributed by atoms with E-state index in [2.05, 4.69) is 31.0 Å². The molecule has 0 spiro atoms. The fourth-order valence-electron chi connectivity index (χ4n) is 2.22. The normalized spacial score (nSPS) is 20.8. The summed E-state index contributed by atoms with van der Waals surface area (Å²) < 4.78 is 11.0. The van der Waals surface area contributed by atoms with E-state index in [-0.39, 0.29) is 5.60 Å². The summed E-state index contributed by atoms with van der Waals surface area (Å²) in [6.07, 6.45) is 2.60. The van der Waals surface area contributed by atoms with E-state index in [0.717, 1.165) is 32.8 Å². The second kappa shape index (κ2) is 8.10. The van der Waals surface area contributed by atoms with E-state index >= 15 is 0 Å². The number of nitrogens with zero attached hydrogens (tertiary/aromatic N) is 1. The van der Waals surface area contributed by atoms with Crippen LogP contribution < -0.4 is 5.32 Å². The Balaban J connectivity index is 2.25. The molecule has 1 heterocycles. The van der Waals surface area contributed by atoms with Gasteiger partial charge in [0.2, 0.25) is 0 Å². The molecule has 0 saturated carbocycles. The van der Waals surface area contributed by atoms with Crippen LogP contribution in [0.4, 0.5) is 0 Å². The zero-order valence-corrected chi connectivity index (χ0v) is 12.5. The van der Waals surface area contributed by atoms with Crippen molar-refractivity contribution in [2.24, 2.45) is 0 Å². The van der Waals surface area contributed by atoms with Crippen molar-refractivity contribution in [3.05, 3.63) is 0 Å². The topological polar surface area (TPSA) is 33.7 Å². The first-order valence-corrected chi connectivity index (χ1v) is 7.10. The third-order valence-corrected chi connectivity index (χ3v) is 3.20. The van der Waals surface area contributed by atoms with Gasteiger partial charge in [-0.05, 0) is 40.2 Å². The Bertz CT molecular complexity index is 210. The summed E-state index contributed by atoms with van der Waals surface area (Å²) in [6.45, 7) is 12.1. The van der Waals surface area contributed by atoms with Crippen molar-refractivity contribution < 1.29 is 9.47 Å². The summed E-state index contributed by atoms with van der Waals surface area (Å²) >= 11 is 0. The lowest BCUT2D eigenvalue weighted by Crippen LogP contribution is -2.41. The molecule has 0 aromatic carbocycles. The summed E-state index contributed by atoms with van der Waals surface area (Å²) in [6, 6.07) is 0.650. The molecule has 0 aromatic heterocycles. The molecule has 1 atom stereocenters. The maximum atomic E-state index is 5.80. The van der Waals surface area contributed by atoms with E-state index in [1.165, 1.54) is 19.4 Å². The van der Waals surface area contributed by atoms with E-state index in [1.807, 2.05) is 0 Å². The van der Waals surface area contributed by atoms with Gasteiger partial charge in [-0.15, -0.1) is 0 Å². The number of methoxy groups -OCH3 is 1. The van der Waals surface area contributed by atoms with Crippen LogP contribution in [-0.4, -0.2) is 63.0 Å². The molecule has 0 amide bonds. The molecule has 4 heteroatoms. The quantitative estimate of drug-likeness (QED) is 0.715. The highest BCUT2D eigenvalue weighted by Gasteiger charge is 2.18. The summed E-state index contributed by atoms with van der Waals surface area (Å²) in [5.41, 5.74) is -0.0431. The Hall–Kier alpha value is -0.160. The van der Waals surface area contributed by atoms with Crippen molar-refractivity contribution >= 4 is 0 Å². The van der Waals surface area contributed by atoms with Gasteiger partial charge in [-0.2, -0.15) is 0 Å². The zero-order chi connectivity index (χ0) is 13.4. The van der Waals surface area contributed by atoms with Gasteiger partial charge in [0.25, 0.3) is 0 Å². The van der Waals surface area contributed by atoms with Gasteiger partial charge in [0.05, 0.1) is 18.8 Å². The maximum absolute atomic E-state index is 5.80. The second-order valence-electron chi connectivity index (χ2n) is 6.05. The molecule has 1 rings (SSSR count). The lowest BCUT2D eigenvalue weighted by atomic mass is 10.2. The first kappa shape index (κ1) is 15.9. The molecule has 108 valence electrons. The van der Waals surface area contributed by atoms with Gasteiger partial charge in [-0.25, -0.2) is 0 Å². The number of hydrogen-bond donors (Lipinski definition) is 1. The fraction of sp³-hybridized carbons (Fsp3) is 1.00. The number of ether oxygens (including phenoxy) is 2. The summed E-state index contributed by atoms with van der Waals surface area (Å²) in [7, 11) is 1.76. The van der Waals surface area contributed by atoms with Crippen LogP contribution in [0.3, 0.4) is 0 Å². The summed E-state index contributed by atoms with van der Waals surface area (Å²) in [5.74, 6) is 0.